The Hall–Kier alpha value is -3.28. The SMILES string of the molecule is Cc1ccc(C)c(OCc2cccc(C(=O)Nc3cc(C)n(Cc4ccc(Cl)cc4Cl)n3)c2)c1. The molecule has 5 nitrogen and oxygen atoms in total. The molecule has 1 aromatic heterocycles. The first kappa shape index (κ1) is 23.9. The fourth-order valence-electron chi connectivity index (χ4n) is 3.56. The van der Waals surface area contributed by atoms with Crippen LogP contribution in [-0.4, -0.2) is 15.7 Å². The summed E-state index contributed by atoms with van der Waals surface area (Å²) >= 11 is 12.3. The molecule has 7 heteroatoms. The molecule has 0 aliphatic carbocycles. The van der Waals surface area contributed by atoms with Gasteiger partial charge in [0.05, 0.1) is 6.54 Å². The second-order valence-electron chi connectivity index (χ2n) is 8.28. The third-order valence-corrected chi connectivity index (χ3v) is 6.07. The maximum Gasteiger partial charge on any atom is 0.256 e. The number of hydrogen-bond donors (Lipinski definition) is 1. The summed E-state index contributed by atoms with van der Waals surface area (Å²) in [5.41, 5.74) is 5.46. The highest BCUT2D eigenvalue weighted by molar-refractivity contribution is 6.35. The summed E-state index contributed by atoms with van der Waals surface area (Å²) in [5.74, 6) is 1.09. The number of nitrogens with one attached hydrogen (secondary N) is 1. The lowest BCUT2D eigenvalue weighted by Gasteiger charge is -2.11. The third kappa shape index (κ3) is 5.79. The average Bonchev–Trinajstić information content (AvgIpc) is 3.15. The molecule has 0 radical (unpaired) electrons. The van der Waals surface area contributed by atoms with Crippen LogP contribution in [-0.2, 0) is 13.2 Å². The van der Waals surface area contributed by atoms with Gasteiger partial charge in [-0.2, -0.15) is 5.10 Å². The molecule has 4 rings (SSSR count). The van der Waals surface area contributed by atoms with Gasteiger partial charge in [-0.3, -0.25) is 9.48 Å². The molecule has 0 aliphatic heterocycles. The second-order valence-corrected chi connectivity index (χ2v) is 9.12. The molecule has 0 fully saturated rings. The molecule has 4 aromatic rings. The van der Waals surface area contributed by atoms with Crippen molar-refractivity contribution in [3.8, 4) is 5.75 Å². The standard InChI is InChI=1S/C27H25Cl2N3O2/c1-17-7-8-18(2)25(11-17)34-16-20-5-4-6-21(13-20)27(33)30-26-12-19(3)32(31-26)15-22-9-10-23(28)14-24(22)29/h4-14H,15-16H2,1-3H3,(H,30,31,33). The highest BCUT2D eigenvalue weighted by atomic mass is 35.5. The normalized spacial score (nSPS) is 10.9. The molecule has 0 saturated carbocycles. The fraction of sp³-hybridized carbons (Fsp3) is 0.185. The van der Waals surface area contributed by atoms with Gasteiger partial charge in [0.2, 0.25) is 0 Å². The van der Waals surface area contributed by atoms with E-state index in [2.05, 4.69) is 16.5 Å². The minimum atomic E-state index is -0.234. The lowest BCUT2D eigenvalue weighted by atomic mass is 10.1. The number of rotatable bonds is 7. The highest BCUT2D eigenvalue weighted by Gasteiger charge is 2.12. The lowest BCUT2D eigenvalue weighted by Crippen LogP contribution is -2.13. The van der Waals surface area contributed by atoms with E-state index in [0.717, 1.165) is 33.7 Å². The Balaban J connectivity index is 1.43. The monoisotopic (exact) mass is 493 g/mol. The summed E-state index contributed by atoms with van der Waals surface area (Å²) in [5, 5.41) is 8.56. The summed E-state index contributed by atoms with van der Waals surface area (Å²) in [4.78, 5) is 12.9. The van der Waals surface area contributed by atoms with E-state index in [0.29, 0.717) is 34.6 Å². The van der Waals surface area contributed by atoms with Crippen molar-refractivity contribution in [3.05, 3.63) is 110 Å². The van der Waals surface area contributed by atoms with Crippen molar-refractivity contribution >= 4 is 34.9 Å². The van der Waals surface area contributed by atoms with Gasteiger partial charge < -0.3 is 10.1 Å². The molecule has 34 heavy (non-hydrogen) atoms. The maximum atomic E-state index is 12.9. The number of anilines is 1. The number of aryl methyl sites for hydroxylation is 3. The van der Waals surface area contributed by atoms with Crippen LogP contribution in [0.2, 0.25) is 10.0 Å². The van der Waals surface area contributed by atoms with Crippen molar-refractivity contribution in [2.75, 3.05) is 5.32 Å². The van der Waals surface area contributed by atoms with Crippen molar-refractivity contribution in [3.63, 3.8) is 0 Å². The van der Waals surface area contributed by atoms with Gasteiger partial charge in [0, 0.05) is 27.4 Å². The zero-order chi connectivity index (χ0) is 24.2. The summed E-state index contributed by atoms with van der Waals surface area (Å²) < 4.78 is 7.77. The average molecular weight is 494 g/mol. The molecule has 1 amide bonds. The largest absolute Gasteiger partial charge is 0.489 e. The molecule has 0 unspecified atom stereocenters. The topological polar surface area (TPSA) is 56.1 Å². The fourth-order valence-corrected chi connectivity index (χ4v) is 4.03. The van der Waals surface area contributed by atoms with Crippen LogP contribution in [0.4, 0.5) is 5.82 Å². The van der Waals surface area contributed by atoms with Crippen LogP contribution in [0.5, 0.6) is 5.75 Å². The van der Waals surface area contributed by atoms with Gasteiger partial charge in [0.25, 0.3) is 5.91 Å². The molecule has 0 bridgehead atoms. The van der Waals surface area contributed by atoms with Gasteiger partial charge >= 0.3 is 0 Å². The van der Waals surface area contributed by atoms with E-state index in [1.807, 2.05) is 63.2 Å². The van der Waals surface area contributed by atoms with E-state index in [1.165, 1.54) is 0 Å². The number of nitrogens with zero attached hydrogens (tertiary/aromatic N) is 2. The third-order valence-electron chi connectivity index (χ3n) is 5.49. The number of benzene rings is 3. The maximum absolute atomic E-state index is 12.9. The van der Waals surface area contributed by atoms with E-state index in [9.17, 15) is 4.79 Å². The first-order chi connectivity index (χ1) is 16.3. The molecule has 1 heterocycles. The summed E-state index contributed by atoms with van der Waals surface area (Å²) in [6.07, 6.45) is 0. The van der Waals surface area contributed by atoms with Crippen molar-refractivity contribution in [1.29, 1.82) is 0 Å². The van der Waals surface area contributed by atoms with Crippen LogP contribution in [0.25, 0.3) is 0 Å². The van der Waals surface area contributed by atoms with E-state index in [4.69, 9.17) is 27.9 Å². The van der Waals surface area contributed by atoms with Crippen molar-refractivity contribution < 1.29 is 9.53 Å². The molecule has 0 spiro atoms. The molecule has 0 atom stereocenters. The van der Waals surface area contributed by atoms with Gasteiger partial charge in [-0.15, -0.1) is 0 Å². The molecule has 3 aromatic carbocycles. The van der Waals surface area contributed by atoms with Gasteiger partial charge in [-0.1, -0.05) is 53.5 Å². The molecule has 1 N–H and O–H groups in total. The van der Waals surface area contributed by atoms with Gasteiger partial charge in [0.15, 0.2) is 5.82 Å². The van der Waals surface area contributed by atoms with E-state index >= 15 is 0 Å². The molecular weight excluding hydrogens is 469 g/mol. The first-order valence-corrected chi connectivity index (χ1v) is 11.6. The summed E-state index contributed by atoms with van der Waals surface area (Å²) in [7, 11) is 0. The van der Waals surface area contributed by atoms with Crippen LogP contribution >= 0.6 is 23.2 Å². The van der Waals surface area contributed by atoms with E-state index < -0.39 is 0 Å². The predicted octanol–water partition coefficient (Wildman–Crippen LogP) is 6.99. The van der Waals surface area contributed by atoms with Crippen LogP contribution in [0.15, 0.2) is 66.7 Å². The van der Waals surface area contributed by atoms with Crippen molar-refractivity contribution in [2.24, 2.45) is 0 Å². The number of carbonyl (C=O) groups is 1. The zero-order valence-electron chi connectivity index (χ0n) is 19.2. The summed E-state index contributed by atoms with van der Waals surface area (Å²) in [6, 6.07) is 20.7. The first-order valence-electron chi connectivity index (χ1n) is 10.9. The van der Waals surface area contributed by atoms with E-state index in [1.54, 1.807) is 22.9 Å². The minimum absolute atomic E-state index is 0.234. The van der Waals surface area contributed by atoms with Crippen LogP contribution in [0.3, 0.4) is 0 Å². The Morgan fingerprint density at radius 2 is 1.82 bits per heavy atom. The van der Waals surface area contributed by atoms with Gasteiger partial charge in [-0.25, -0.2) is 0 Å². The van der Waals surface area contributed by atoms with Crippen LogP contribution in [0.1, 0.15) is 38.3 Å². The Morgan fingerprint density at radius 3 is 2.62 bits per heavy atom. The van der Waals surface area contributed by atoms with Crippen LogP contribution < -0.4 is 10.1 Å². The Morgan fingerprint density at radius 1 is 1.00 bits per heavy atom. The number of hydrogen-bond acceptors (Lipinski definition) is 3. The van der Waals surface area contributed by atoms with Gasteiger partial charge in [-0.05, 0) is 73.4 Å². The zero-order valence-corrected chi connectivity index (χ0v) is 20.7. The Labute approximate surface area is 209 Å². The predicted molar refractivity (Wildman–Crippen MR) is 137 cm³/mol. The molecule has 0 aliphatic rings. The van der Waals surface area contributed by atoms with Crippen molar-refractivity contribution in [1.82, 2.24) is 9.78 Å². The molecule has 0 saturated heterocycles. The number of halogens is 2. The molecular formula is C27H25Cl2N3O2. The number of amides is 1. The minimum Gasteiger partial charge on any atom is -0.489 e. The number of ether oxygens (including phenoxy) is 1. The number of carbonyl (C=O) groups excluding carboxylic acids is 1. The van der Waals surface area contributed by atoms with Crippen LogP contribution in [0, 0.1) is 20.8 Å². The highest BCUT2D eigenvalue weighted by Crippen LogP contribution is 2.23. The summed E-state index contributed by atoms with van der Waals surface area (Å²) in [6.45, 7) is 6.83. The molecule has 174 valence electrons. The van der Waals surface area contributed by atoms with Crippen molar-refractivity contribution in [2.45, 2.75) is 33.9 Å². The van der Waals surface area contributed by atoms with E-state index in [-0.39, 0.29) is 5.91 Å². The Bertz CT molecular complexity index is 1350. The van der Waals surface area contributed by atoms with Gasteiger partial charge in [0.1, 0.15) is 12.4 Å². The smallest absolute Gasteiger partial charge is 0.256 e. The number of aromatic nitrogens is 2. The Kier molecular flexibility index (Phi) is 7.25. The lowest BCUT2D eigenvalue weighted by molar-refractivity contribution is 0.102. The second kappa shape index (κ2) is 10.3. The quantitative estimate of drug-likeness (QED) is 0.301.